The van der Waals surface area contributed by atoms with Crippen LogP contribution in [0, 0.1) is 0 Å². The summed E-state index contributed by atoms with van der Waals surface area (Å²) in [5, 5.41) is 9.20. The van der Waals surface area contributed by atoms with Gasteiger partial charge in [0.15, 0.2) is 11.5 Å². The highest BCUT2D eigenvalue weighted by Crippen LogP contribution is 2.33. The average Bonchev–Trinajstić information content (AvgIpc) is 3.33. The number of aromatic nitrogens is 2. The molecule has 2 aliphatic heterocycles. The van der Waals surface area contributed by atoms with E-state index in [1.807, 2.05) is 0 Å². The van der Waals surface area contributed by atoms with Gasteiger partial charge in [0.25, 0.3) is 5.91 Å². The number of carbonyl (C=O) groups excluding carboxylic acids is 2. The van der Waals surface area contributed by atoms with Crippen molar-refractivity contribution < 1.29 is 19.1 Å². The third-order valence-electron chi connectivity index (χ3n) is 4.20. The molecule has 0 saturated carbocycles. The Morgan fingerprint density at radius 2 is 2.17 bits per heavy atom. The Balaban J connectivity index is 1.51. The molecule has 4 rings (SSSR count). The van der Waals surface area contributed by atoms with E-state index in [4.69, 9.17) is 9.47 Å². The van der Waals surface area contributed by atoms with Crippen LogP contribution in [0.15, 0.2) is 30.6 Å². The van der Waals surface area contributed by atoms with E-state index < -0.39 is 6.04 Å². The molecule has 0 radical (unpaired) electrons. The highest BCUT2D eigenvalue weighted by molar-refractivity contribution is 6.01. The molecular formula is C16H16N4O4. The van der Waals surface area contributed by atoms with Crippen molar-refractivity contribution in [3.05, 3.63) is 36.2 Å². The van der Waals surface area contributed by atoms with Crippen molar-refractivity contribution in [2.45, 2.75) is 18.9 Å². The monoisotopic (exact) mass is 328 g/mol. The third kappa shape index (κ3) is 2.55. The Hall–Kier alpha value is -3.03. The topological polar surface area (TPSA) is 96.6 Å². The quantitative estimate of drug-likeness (QED) is 0.887. The van der Waals surface area contributed by atoms with Crippen LogP contribution in [0.4, 0.5) is 5.69 Å². The maximum atomic E-state index is 12.8. The van der Waals surface area contributed by atoms with Crippen LogP contribution >= 0.6 is 0 Å². The van der Waals surface area contributed by atoms with Gasteiger partial charge in [0.2, 0.25) is 12.7 Å². The molecule has 3 heterocycles. The first-order valence-electron chi connectivity index (χ1n) is 7.72. The number of likely N-dealkylation sites (tertiary alicyclic amines) is 1. The van der Waals surface area contributed by atoms with Crippen LogP contribution in [0.3, 0.4) is 0 Å². The van der Waals surface area contributed by atoms with Gasteiger partial charge in [-0.3, -0.25) is 14.7 Å². The average molecular weight is 328 g/mol. The number of hydrogen-bond donors (Lipinski definition) is 2. The van der Waals surface area contributed by atoms with Crippen molar-refractivity contribution in [3.8, 4) is 11.5 Å². The van der Waals surface area contributed by atoms with Crippen LogP contribution in [0.25, 0.3) is 0 Å². The molecule has 0 spiro atoms. The number of hydrogen-bond acceptors (Lipinski definition) is 5. The smallest absolute Gasteiger partial charge is 0.254 e. The number of aromatic amines is 1. The molecule has 124 valence electrons. The molecular weight excluding hydrogens is 312 g/mol. The highest BCUT2D eigenvalue weighted by Gasteiger charge is 2.35. The van der Waals surface area contributed by atoms with Crippen LogP contribution in [0.5, 0.6) is 11.5 Å². The molecule has 1 aromatic carbocycles. The number of nitrogens with zero attached hydrogens (tertiary/aromatic N) is 2. The van der Waals surface area contributed by atoms with Gasteiger partial charge in [-0.1, -0.05) is 0 Å². The largest absolute Gasteiger partial charge is 0.454 e. The number of ether oxygens (including phenoxy) is 2. The van der Waals surface area contributed by atoms with E-state index in [0.29, 0.717) is 35.7 Å². The minimum atomic E-state index is -0.488. The number of nitrogens with one attached hydrogen (secondary N) is 2. The van der Waals surface area contributed by atoms with Crippen LogP contribution in [0.2, 0.25) is 0 Å². The summed E-state index contributed by atoms with van der Waals surface area (Å²) in [5.74, 6) is 0.794. The lowest BCUT2D eigenvalue weighted by atomic mass is 10.1. The van der Waals surface area contributed by atoms with Crippen molar-refractivity contribution in [2.24, 2.45) is 0 Å². The van der Waals surface area contributed by atoms with E-state index in [-0.39, 0.29) is 18.6 Å². The molecule has 2 aromatic rings. The van der Waals surface area contributed by atoms with Gasteiger partial charge in [-0.05, 0) is 31.0 Å². The first kappa shape index (κ1) is 14.6. The van der Waals surface area contributed by atoms with Gasteiger partial charge in [-0.25, -0.2) is 0 Å². The summed E-state index contributed by atoms with van der Waals surface area (Å²) in [5.41, 5.74) is 1.07. The van der Waals surface area contributed by atoms with Gasteiger partial charge < -0.3 is 19.7 Å². The molecule has 1 fully saturated rings. The van der Waals surface area contributed by atoms with Crippen LogP contribution in [-0.4, -0.2) is 46.3 Å². The molecule has 2 N–H and O–H groups in total. The summed E-state index contributed by atoms with van der Waals surface area (Å²) < 4.78 is 10.6. The van der Waals surface area contributed by atoms with E-state index in [9.17, 15) is 9.59 Å². The lowest BCUT2D eigenvalue weighted by molar-refractivity contribution is -0.119. The van der Waals surface area contributed by atoms with E-state index in [2.05, 4.69) is 15.5 Å². The fourth-order valence-electron chi connectivity index (χ4n) is 3.02. The van der Waals surface area contributed by atoms with Crippen molar-refractivity contribution in [1.82, 2.24) is 15.1 Å². The Kier molecular flexibility index (Phi) is 3.56. The van der Waals surface area contributed by atoms with Crippen LogP contribution < -0.4 is 14.8 Å². The Bertz CT molecular complexity index is 774. The second kappa shape index (κ2) is 5.88. The van der Waals surface area contributed by atoms with Crippen LogP contribution in [-0.2, 0) is 4.79 Å². The Morgan fingerprint density at radius 3 is 3.00 bits per heavy atom. The second-order valence-electron chi connectivity index (χ2n) is 5.70. The second-order valence-corrected chi connectivity index (χ2v) is 5.70. The maximum Gasteiger partial charge on any atom is 0.254 e. The number of rotatable bonds is 3. The van der Waals surface area contributed by atoms with Crippen molar-refractivity contribution >= 4 is 17.5 Å². The number of benzene rings is 1. The lowest BCUT2D eigenvalue weighted by Gasteiger charge is -2.23. The van der Waals surface area contributed by atoms with Gasteiger partial charge in [-0.15, -0.1) is 0 Å². The SMILES string of the molecule is O=C(Nc1cn[nH]c1)[C@@H]1CCCN1C(=O)c1ccc2c(c1)OCO2. The van der Waals surface area contributed by atoms with Crippen molar-refractivity contribution in [1.29, 1.82) is 0 Å². The molecule has 1 atom stereocenters. The van der Waals surface area contributed by atoms with E-state index in [1.165, 1.54) is 6.20 Å². The predicted octanol–water partition coefficient (Wildman–Crippen LogP) is 1.38. The van der Waals surface area contributed by atoms with Gasteiger partial charge >= 0.3 is 0 Å². The van der Waals surface area contributed by atoms with E-state index >= 15 is 0 Å². The molecule has 0 aliphatic carbocycles. The molecule has 2 aliphatic rings. The first-order chi connectivity index (χ1) is 11.7. The molecule has 1 aromatic heterocycles. The molecule has 8 heteroatoms. The zero-order valence-corrected chi connectivity index (χ0v) is 12.8. The minimum Gasteiger partial charge on any atom is -0.454 e. The first-order valence-corrected chi connectivity index (χ1v) is 7.72. The normalized spacial score (nSPS) is 18.7. The summed E-state index contributed by atoms with van der Waals surface area (Å²) >= 11 is 0. The lowest BCUT2D eigenvalue weighted by Crippen LogP contribution is -2.43. The summed E-state index contributed by atoms with van der Waals surface area (Å²) in [7, 11) is 0. The number of amides is 2. The summed E-state index contributed by atoms with van der Waals surface area (Å²) in [4.78, 5) is 26.9. The number of fused-ring (bicyclic) bond motifs is 1. The fraction of sp³-hybridized carbons (Fsp3) is 0.312. The minimum absolute atomic E-state index is 0.159. The van der Waals surface area contributed by atoms with Gasteiger partial charge in [0, 0.05) is 18.3 Å². The zero-order chi connectivity index (χ0) is 16.5. The predicted molar refractivity (Wildman–Crippen MR) is 83.8 cm³/mol. The van der Waals surface area contributed by atoms with E-state index in [1.54, 1.807) is 29.3 Å². The molecule has 2 amide bonds. The third-order valence-corrected chi connectivity index (χ3v) is 4.20. The Morgan fingerprint density at radius 1 is 1.29 bits per heavy atom. The number of anilines is 1. The Labute approximate surface area is 137 Å². The van der Waals surface area contributed by atoms with Gasteiger partial charge in [0.1, 0.15) is 6.04 Å². The van der Waals surface area contributed by atoms with Crippen molar-refractivity contribution in [3.63, 3.8) is 0 Å². The maximum absolute atomic E-state index is 12.8. The van der Waals surface area contributed by atoms with Gasteiger partial charge in [0.05, 0.1) is 11.9 Å². The molecule has 8 nitrogen and oxygen atoms in total. The van der Waals surface area contributed by atoms with Crippen molar-refractivity contribution in [2.75, 3.05) is 18.7 Å². The molecule has 0 unspecified atom stereocenters. The highest BCUT2D eigenvalue weighted by atomic mass is 16.7. The number of H-pyrrole nitrogens is 1. The summed E-state index contributed by atoms with van der Waals surface area (Å²) in [6.07, 6.45) is 4.55. The van der Waals surface area contributed by atoms with E-state index in [0.717, 1.165) is 6.42 Å². The summed E-state index contributed by atoms with van der Waals surface area (Å²) in [6.45, 7) is 0.711. The number of carbonyl (C=O) groups is 2. The fourth-order valence-corrected chi connectivity index (χ4v) is 3.02. The standard InChI is InChI=1S/C16H16N4O4/c21-15(19-11-7-17-18-8-11)12-2-1-5-20(12)16(22)10-3-4-13-14(6-10)24-9-23-13/h3-4,6-8,12H,1-2,5,9H2,(H,17,18)(H,19,21)/t12-/m0/s1. The molecule has 1 saturated heterocycles. The zero-order valence-electron chi connectivity index (χ0n) is 12.8. The van der Waals surface area contributed by atoms with Gasteiger partial charge in [-0.2, -0.15) is 5.10 Å². The molecule has 24 heavy (non-hydrogen) atoms. The summed E-state index contributed by atoms with van der Waals surface area (Å²) in [6, 6.07) is 4.58. The van der Waals surface area contributed by atoms with Crippen LogP contribution in [0.1, 0.15) is 23.2 Å². The molecule has 0 bridgehead atoms.